The summed E-state index contributed by atoms with van der Waals surface area (Å²) in [4.78, 5) is 13.2. The number of carbonyl (C=O) groups is 1. The monoisotopic (exact) mass is 321 g/mol. The van der Waals surface area contributed by atoms with Crippen molar-refractivity contribution in [1.29, 1.82) is 5.26 Å². The third-order valence-electron chi connectivity index (χ3n) is 4.07. The molecular formula is C17H25N2O4+. The zero-order chi connectivity index (χ0) is 16.9. The number of carbonyl (C=O) groups excluding carboxylic acids is 1. The maximum absolute atomic E-state index is 11.9. The molecule has 0 aromatic heterocycles. The molecule has 0 spiro atoms. The van der Waals surface area contributed by atoms with Crippen molar-refractivity contribution in [1.82, 2.24) is 0 Å². The first-order valence-corrected chi connectivity index (χ1v) is 8.04. The number of quaternary nitrogens is 1. The number of morpholine rings is 1. The van der Waals surface area contributed by atoms with E-state index >= 15 is 0 Å². The van der Waals surface area contributed by atoms with Crippen LogP contribution in [-0.2, 0) is 19.0 Å². The van der Waals surface area contributed by atoms with Crippen LogP contribution >= 0.6 is 0 Å². The Hall–Kier alpha value is -1.68. The molecule has 1 saturated heterocycles. The molecule has 1 fully saturated rings. The largest absolute Gasteiger partial charge is 0.462 e. The molecule has 0 aromatic rings. The van der Waals surface area contributed by atoms with E-state index in [1.54, 1.807) is 13.0 Å². The minimum Gasteiger partial charge on any atom is -0.462 e. The van der Waals surface area contributed by atoms with Gasteiger partial charge >= 0.3 is 5.97 Å². The average molecular weight is 321 g/mol. The Kier molecular flexibility index (Phi) is 5.94. The highest BCUT2D eigenvalue weighted by molar-refractivity contribution is 5.93. The summed E-state index contributed by atoms with van der Waals surface area (Å²) in [5, 5.41) is 9.24. The van der Waals surface area contributed by atoms with Crippen LogP contribution in [0, 0.1) is 11.3 Å². The average Bonchev–Trinajstić information content (AvgIpc) is 2.54. The van der Waals surface area contributed by atoms with Crippen LogP contribution < -0.4 is 4.90 Å². The van der Waals surface area contributed by atoms with Gasteiger partial charge < -0.3 is 19.1 Å². The molecular weight excluding hydrogens is 296 g/mol. The number of nitriles is 1. The molecule has 1 N–H and O–H groups in total. The summed E-state index contributed by atoms with van der Waals surface area (Å²) in [7, 11) is 0. The second-order valence-corrected chi connectivity index (χ2v) is 6.34. The van der Waals surface area contributed by atoms with Crippen LogP contribution in [0.1, 0.15) is 27.2 Å². The Morgan fingerprint density at radius 3 is 2.74 bits per heavy atom. The highest BCUT2D eigenvalue weighted by Crippen LogP contribution is 2.27. The first kappa shape index (κ1) is 17.7. The Morgan fingerprint density at radius 2 is 2.13 bits per heavy atom. The van der Waals surface area contributed by atoms with Gasteiger partial charge in [0.1, 0.15) is 30.4 Å². The lowest BCUT2D eigenvalue weighted by Gasteiger charge is -2.36. The van der Waals surface area contributed by atoms with Crippen LogP contribution in [0.25, 0.3) is 0 Å². The topological polar surface area (TPSA) is 73.0 Å². The molecule has 23 heavy (non-hydrogen) atoms. The predicted molar refractivity (Wildman–Crippen MR) is 83.5 cm³/mol. The van der Waals surface area contributed by atoms with E-state index in [0.717, 1.165) is 38.3 Å². The molecule has 0 saturated carbocycles. The van der Waals surface area contributed by atoms with E-state index in [2.05, 4.69) is 13.8 Å². The first-order chi connectivity index (χ1) is 11.0. The third-order valence-corrected chi connectivity index (χ3v) is 4.07. The van der Waals surface area contributed by atoms with E-state index in [1.807, 2.05) is 6.07 Å². The van der Waals surface area contributed by atoms with E-state index in [-0.39, 0.29) is 17.8 Å². The Bertz CT molecular complexity index is 551. The zero-order valence-electron chi connectivity index (χ0n) is 14.1. The van der Waals surface area contributed by atoms with Gasteiger partial charge in [-0.3, -0.25) is 0 Å². The van der Waals surface area contributed by atoms with Gasteiger partial charge in [-0.2, -0.15) is 5.26 Å². The molecule has 2 aliphatic rings. The van der Waals surface area contributed by atoms with Crippen LogP contribution in [0.2, 0.25) is 0 Å². The fraction of sp³-hybridized carbons (Fsp3) is 0.647. The van der Waals surface area contributed by atoms with E-state index in [0.29, 0.717) is 6.61 Å². The number of hydrogen-bond donors (Lipinski definition) is 1. The van der Waals surface area contributed by atoms with Gasteiger partial charge in [-0.1, -0.05) is 0 Å². The van der Waals surface area contributed by atoms with Crippen LogP contribution in [0.4, 0.5) is 0 Å². The maximum Gasteiger partial charge on any atom is 0.348 e. The molecule has 6 heteroatoms. The molecule has 0 aromatic carbocycles. The van der Waals surface area contributed by atoms with Crippen LogP contribution in [0.5, 0.6) is 0 Å². The van der Waals surface area contributed by atoms with Crippen LogP contribution in [-0.4, -0.2) is 51.1 Å². The summed E-state index contributed by atoms with van der Waals surface area (Å²) in [6.45, 7) is 9.73. The van der Waals surface area contributed by atoms with Crippen LogP contribution in [0.15, 0.2) is 22.9 Å². The smallest absolute Gasteiger partial charge is 0.348 e. The number of ether oxygens (including phenoxy) is 3. The predicted octanol–water partition coefficient (Wildman–Crippen LogP) is 0.368. The number of nitrogens with one attached hydrogen (secondary N) is 1. The molecule has 2 heterocycles. The summed E-state index contributed by atoms with van der Waals surface area (Å²) in [5.74, 6) is -0.580. The molecule has 0 aliphatic carbocycles. The quantitative estimate of drug-likeness (QED) is 0.460. The molecule has 2 aliphatic heterocycles. The van der Waals surface area contributed by atoms with Crippen LogP contribution in [0.3, 0.4) is 0 Å². The van der Waals surface area contributed by atoms with Crippen molar-refractivity contribution in [2.24, 2.45) is 0 Å². The van der Waals surface area contributed by atoms with Crippen molar-refractivity contribution < 1.29 is 23.9 Å². The summed E-state index contributed by atoms with van der Waals surface area (Å²) in [6, 6.07) is 1.94. The van der Waals surface area contributed by atoms with Crippen molar-refractivity contribution in [3.05, 3.63) is 22.9 Å². The number of nitrogens with zero attached hydrogens (tertiary/aromatic N) is 1. The second-order valence-electron chi connectivity index (χ2n) is 6.34. The lowest BCUT2D eigenvalue weighted by Crippen LogP contribution is -3.12. The molecule has 0 bridgehead atoms. The standard InChI is InChI=1S/C17H24N2O4/c1-4-22-16(20)13(11-18)9-14-12-23-17(2,3)10-15(14)19-5-7-21-8-6-19/h9H,4-8,10,12H2,1-3H3/p+1/b13-9-. The number of rotatable bonds is 4. The molecule has 6 nitrogen and oxygen atoms in total. The lowest BCUT2D eigenvalue weighted by atomic mass is 9.94. The van der Waals surface area contributed by atoms with Gasteiger partial charge in [-0.25, -0.2) is 4.79 Å². The second kappa shape index (κ2) is 7.73. The SMILES string of the molecule is CCOC(=O)/C(C#N)=C\C1=C([NH+]2CCOCC2)CC(C)(C)OC1. The van der Waals surface area contributed by atoms with E-state index < -0.39 is 5.97 Å². The van der Waals surface area contributed by atoms with Crippen molar-refractivity contribution >= 4 is 5.97 Å². The Morgan fingerprint density at radius 1 is 1.43 bits per heavy atom. The Balaban J connectivity index is 2.34. The van der Waals surface area contributed by atoms with E-state index in [4.69, 9.17) is 14.2 Å². The lowest BCUT2D eigenvalue weighted by molar-refractivity contribution is -0.872. The summed E-state index contributed by atoms with van der Waals surface area (Å²) < 4.78 is 16.2. The third kappa shape index (κ3) is 4.64. The van der Waals surface area contributed by atoms with Crippen molar-refractivity contribution in [3.63, 3.8) is 0 Å². The first-order valence-electron chi connectivity index (χ1n) is 8.04. The summed E-state index contributed by atoms with van der Waals surface area (Å²) >= 11 is 0. The summed E-state index contributed by atoms with van der Waals surface area (Å²) in [6.07, 6.45) is 2.40. The van der Waals surface area contributed by atoms with E-state index in [9.17, 15) is 10.1 Å². The van der Waals surface area contributed by atoms with Gasteiger partial charge in [0.25, 0.3) is 0 Å². The molecule has 126 valence electrons. The highest BCUT2D eigenvalue weighted by Gasteiger charge is 2.34. The van der Waals surface area contributed by atoms with Gasteiger partial charge in [0.15, 0.2) is 0 Å². The molecule has 0 amide bonds. The fourth-order valence-electron chi connectivity index (χ4n) is 2.87. The van der Waals surface area contributed by atoms with Gasteiger partial charge in [-0.15, -0.1) is 0 Å². The van der Waals surface area contributed by atoms with E-state index in [1.165, 1.54) is 10.6 Å². The number of esters is 1. The van der Waals surface area contributed by atoms with Gasteiger partial charge in [0, 0.05) is 5.57 Å². The summed E-state index contributed by atoms with van der Waals surface area (Å²) in [5.41, 5.74) is 1.90. The molecule has 0 atom stereocenters. The zero-order valence-corrected chi connectivity index (χ0v) is 14.1. The maximum atomic E-state index is 11.9. The minimum absolute atomic E-state index is 0.0234. The van der Waals surface area contributed by atoms with Crippen molar-refractivity contribution in [2.75, 3.05) is 39.5 Å². The molecule has 2 rings (SSSR count). The van der Waals surface area contributed by atoms with Crippen molar-refractivity contribution in [3.8, 4) is 6.07 Å². The molecule has 0 radical (unpaired) electrons. The van der Waals surface area contributed by atoms with Crippen molar-refractivity contribution in [2.45, 2.75) is 32.8 Å². The Labute approximate surface area is 137 Å². The highest BCUT2D eigenvalue weighted by atomic mass is 16.5. The van der Waals surface area contributed by atoms with Gasteiger partial charge in [-0.05, 0) is 26.8 Å². The minimum atomic E-state index is -0.580. The fourth-order valence-corrected chi connectivity index (χ4v) is 2.87. The molecule has 0 unspecified atom stereocenters. The van der Waals surface area contributed by atoms with Gasteiger partial charge in [0.2, 0.25) is 0 Å². The number of hydrogen-bond acceptors (Lipinski definition) is 5. The van der Waals surface area contributed by atoms with Gasteiger partial charge in [0.05, 0.1) is 38.4 Å². The normalized spacial score (nSPS) is 22.6.